The number of ether oxygens (including phenoxy) is 3. The Kier molecular flexibility index (Phi) is 3.74. The molecule has 168 valence electrons. The lowest BCUT2D eigenvalue weighted by Gasteiger charge is -2.68. The first-order valence-corrected chi connectivity index (χ1v) is 11.9. The van der Waals surface area contributed by atoms with Crippen molar-refractivity contribution in [3.63, 3.8) is 0 Å². The van der Waals surface area contributed by atoms with Crippen molar-refractivity contribution in [2.75, 3.05) is 27.8 Å². The third-order valence-electron chi connectivity index (χ3n) is 9.59. The number of likely N-dealkylation sites (N-methyl/N-ethyl adjacent to an activating group) is 1. The zero-order valence-corrected chi connectivity index (χ0v) is 19.3. The van der Waals surface area contributed by atoms with Gasteiger partial charge < -0.3 is 19.1 Å². The zero-order valence-electron chi connectivity index (χ0n) is 19.3. The quantitative estimate of drug-likeness (QED) is 0.708. The molecule has 0 amide bonds. The lowest BCUT2D eigenvalue weighted by molar-refractivity contribution is -0.132. The molecule has 6 atom stereocenters. The van der Waals surface area contributed by atoms with Crippen LogP contribution >= 0.6 is 0 Å². The average molecular weight is 441 g/mol. The van der Waals surface area contributed by atoms with Crippen LogP contribution < -0.4 is 9.47 Å². The highest BCUT2D eigenvalue weighted by atomic mass is 16.6. The number of nitriles is 1. The smallest absolute Gasteiger partial charge is 0.166 e. The molecule has 2 spiro atoms. The minimum Gasteiger partial charge on any atom is -0.497 e. The summed E-state index contributed by atoms with van der Waals surface area (Å²) >= 11 is 0. The van der Waals surface area contributed by atoms with Crippen molar-refractivity contribution in [3.05, 3.63) is 70.5 Å². The van der Waals surface area contributed by atoms with Crippen molar-refractivity contribution >= 4 is 0 Å². The number of hydrogen-bond donors (Lipinski definition) is 0. The molecule has 5 aliphatic rings. The maximum Gasteiger partial charge on any atom is 0.166 e. The summed E-state index contributed by atoms with van der Waals surface area (Å²) in [5, 5.41) is 10.5. The first-order chi connectivity index (χ1) is 16.1. The molecule has 33 heavy (non-hydrogen) atoms. The molecule has 0 saturated carbocycles. The summed E-state index contributed by atoms with van der Waals surface area (Å²) in [6, 6.07) is 15.9. The van der Waals surface area contributed by atoms with Crippen LogP contribution in [0.15, 0.2) is 48.2 Å². The number of methoxy groups -OCH3 is 2. The molecule has 5 nitrogen and oxygen atoms in total. The van der Waals surface area contributed by atoms with Crippen LogP contribution in [0.2, 0.25) is 0 Å². The van der Waals surface area contributed by atoms with Gasteiger partial charge in [-0.05, 0) is 61.7 Å². The second kappa shape index (κ2) is 6.33. The summed E-state index contributed by atoms with van der Waals surface area (Å²) in [6.45, 7) is 1.00. The van der Waals surface area contributed by atoms with Crippen LogP contribution in [0.25, 0.3) is 0 Å². The summed E-state index contributed by atoms with van der Waals surface area (Å²) in [7, 11) is 5.73. The van der Waals surface area contributed by atoms with Crippen LogP contribution in [0.4, 0.5) is 0 Å². The number of likely N-dealkylation sites (tertiary alicyclic amines) is 1. The lowest BCUT2D eigenvalue weighted by atomic mass is 9.37. The van der Waals surface area contributed by atoms with Gasteiger partial charge in [-0.2, -0.15) is 5.26 Å². The van der Waals surface area contributed by atoms with Crippen molar-refractivity contribution in [2.45, 2.75) is 42.7 Å². The molecule has 0 N–H and O–H groups in total. The van der Waals surface area contributed by atoms with E-state index in [-0.39, 0.29) is 28.8 Å². The van der Waals surface area contributed by atoms with Gasteiger partial charge in [0.25, 0.3) is 0 Å². The van der Waals surface area contributed by atoms with E-state index < -0.39 is 0 Å². The lowest BCUT2D eigenvalue weighted by Crippen LogP contribution is -2.74. The van der Waals surface area contributed by atoms with Crippen LogP contribution in [0.1, 0.15) is 34.6 Å². The molecule has 2 aromatic rings. The Hall–Kier alpha value is -2.97. The molecule has 1 saturated heterocycles. The summed E-state index contributed by atoms with van der Waals surface area (Å²) < 4.78 is 18.6. The summed E-state index contributed by atoms with van der Waals surface area (Å²) in [5.74, 6) is 2.40. The van der Waals surface area contributed by atoms with E-state index >= 15 is 0 Å². The van der Waals surface area contributed by atoms with Crippen LogP contribution in [0, 0.1) is 22.7 Å². The van der Waals surface area contributed by atoms with Gasteiger partial charge in [-0.15, -0.1) is 0 Å². The third kappa shape index (κ3) is 2.00. The number of nitrogens with zero attached hydrogens (tertiary/aromatic N) is 2. The summed E-state index contributed by atoms with van der Waals surface area (Å²) in [5.41, 5.74) is 4.78. The molecule has 3 aliphatic carbocycles. The third-order valence-corrected chi connectivity index (χ3v) is 9.59. The molecule has 5 heteroatoms. The van der Waals surface area contributed by atoms with E-state index in [0.29, 0.717) is 6.04 Å². The highest BCUT2D eigenvalue weighted by Crippen LogP contribution is 2.73. The highest BCUT2D eigenvalue weighted by Gasteiger charge is 2.75. The van der Waals surface area contributed by atoms with Crippen molar-refractivity contribution in [1.82, 2.24) is 4.90 Å². The predicted octanol–water partition coefficient (Wildman–Crippen LogP) is 3.96. The number of rotatable bonds is 2. The topological polar surface area (TPSA) is 54.7 Å². The molecule has 2 bridgehead atoms. The molecular formula is C28H28N2O3. The summed E-state index contributed by atoms with van der Waals surface area (Å²) in [6.07, 6.45) is 4.96. The number of piperidine rings is 1. The summed E-state index contributed by atoms with van der Waals surface area (Å²) in [4.78, 5) is 2.55. The van der Waals surface area contributed by atoms with Gasteiger partial charge >= 0.3 is 0 Å². The first kappa shape index (κ1) is 19.5. The number of fused-ring (bicyclic) bond motifs is 1. The zero-order chi connectivity index (χ0) is 22.5. The van der Waals surface area contributed by atoms with Gasteiger partial charge in [0, 0.05) is 22.9 Å². The predicted molar refractivity (Wildman–Crippen MR) is 123 cm³/mol. The number of benzene rings is 2. The van der Waals surface area contributed by atoms with Crippen LogP contribution in [0.3, 0.4) is 0 Å². The van der Waals surface area contributed by atoms with Gasteiger partial charge in [0.05, 0.1) is 31.6 Å². The van der Waals surface area contributed by atoms with Crippen LogP contribution in [-0.4, -0.2) is 44.9 Å². The second-order valence-corrected chi connectivity index (χ2v) is 10.4. The van der Waals surface area contributed by atoms with Gasteiger partial charge in [-0.3, -0.25) is 0 Å². The van der Waals surface area contributed by atoms with E-state index in [2.05, 4.69) is 60.5 Å². The van der Waals surface area contributed by atoms with Gasteiger partial charge in [0.1, 0.15) is 5.76 Å². The van der Waals surface area contributed by atoms with E-state index in [1.807, 2.05) is 0 Å². The molecule has 7 rings (SSSR count). The average Bonchev–Trinajstić information content (AvgIpc) is 3.19. The molecule has 0 radical (unpaired) electrons. The normalized spacial score (nSPS) is 37.0. The first-order valence-electron chi connectivity index (χ1n) is 11.9. The van der Waals surface area contributed by atoms with E-state index in [0.717, 1.165) is 43.1 Å². The van der Waals surface area contributed by atoms with E-state index in [9.17, 15) is 5.26 Å². The Labute approximate surface area is 194 Å². The van der Waals surface area contributed by atoms with Crippen molar-refractivity contribution in [1.29, 1.82) is 5.26 Å². The second-order valence-electron chi connectivity index (χ2n) is 10.4. The number of allylic oxidation sites excluding steroid dienone is 1. The fourth-order valence-electron chi connectivity index (χ4n) is 8.45. The Morgan fingerprint density at radius 2 is 1.97 bits per heavy atom. The van der Waals surface area contributed by atoms with Crippen molar-refractivity contribution in [2.24, 2.45) is 11.3 Å². The van der Waals surface area contributed by atoms with E-state index in [1.54, 1.807) is 14.2 Å². The number of hydrogen-bond acceptors (Lipinski definition) is 5. The monoisotopic (exact) mass is 440 g/mol. The molecule has 0 aromatic heterocycles. The molecule has 1 fully saturated rings. The van der Waals surface area contributed by atoms with Crippen molar-refractivity contribution < 1.29 is 14.2 Å². The standard InChI is InChI=1S/C28H28N2O3/c1-30-11-10-27-24-16-8-9-21(31-2)25(24)33-26(27)22(32-3)13-20-19(15-29)18-7-5-4-6-17(18)14-28(20,27)23(30)12-16/h4-9,13,19-20,23,26H,10-12,14H2,1-3H3/t19-,20+,23-,26+,27+,28+/m1/s1. The van der Waals surface area contributed by atoms with Gasteiger partial charge in [0.2, 0.25) is 0 Å². The molecule has 0 unspecified atom stereocenters. The van der Waals surface area contributed by atoms with Gasteiger partial charge in [0.15, 0.2) is 17.6 Å². The Balaban J connectivity index is 1.61. The van der Waals surface area contributed by atoms with Crippen LogP contribution in [0.5, 0.6) is 11.5 Å². The fraction of sp³-hybridized carbons (Fsp3) is 0.464. The highest BCUT2D eigenvalue weighted by molar-refractivity contribution is 5.65. The minimum atomic E-state index is -0.241. The van der Waals surface area contributed by atoms with E-state index in [4.69, 9.17) is 14.2 Å². The van der Waals surface area contributed by atoms with E-state index in [1.165, 1.54) is 22.3 Å². The van der Waals surface area contributed by atoms with Gasteiger partial charge in [-0.1, -0.05) is 30.3 Å². The maximum absolute atomic E-state index is 10.5. The SMILES string of the molecule is COC1=C[C@H]2[C@H](C#N)c3ccccc3C[C@@]23[C@H]2Cc4ccc(OC)c5c4[C@@]3(CCN2C)[C@H]1O5. The van der Waals surface area contributed by atoms with Crippen LogP contribution in [-0.2, 0) is 23.0 Å². The van der Waals surface area contributed by atoms with Gasteiger partial charge in [-0.25, -0.2) is 0 Å². The molecular weight excluding hydrogens is 412 g/mol. The maximum atomic E-state index is 10.5. The minimum absolute atomic E-state index is 0.0604. The Bertz CT molecular complexity index is 1260. The van der Waals surface area contributed by atoms with Crippen molar-refractivity contribution in [3.8, 4) is 17.6 Å². The Morgan fingerprint density at radius 3 is 2.76 bits per heavy atom. The molecule has 2 aromatic carbocycles. The fourth-order valence-corrected chi connectivity index (χ4v) is 8.45. The Morgan fingerprint density at radius 1 is 1.12 bits per heavy atom. The largest absolute Gasteiger partial charge is 0.497 e. The molecule has 2 aliphatic heterocycles. The molecule has 2 heterocycles.